The Morgan fingerprint density at radius 3 is 2.70 bits per heavy atom. The van der Waals surface area contributed by atoms with E-state index in [-0.39, 0.29) is 11.9 Å². The number of hydrogen-bond acceptors (Lipinski definition) is 5. The Hall–Kier alpha value is -2.35. The molecule has 8 heteroatoms. The SMILES string of the molecule is FC(F)(F)Oc1cccc(-c2ccc(OC3CCN4CCCC3C4)nn2)c1. The molecule has 2 saturated heterocycles. The summed E-state index contributed by atoms with van der Waals surface area (Å²) in [7, 11) is 0. The highest BCUT2D eigenvalue weighted by Gasteiger charge is 2.33. The van der Waals surface area contributed by atoms with E-state index >= 15 is 0 Å². The molecule has 0 N–H and O–H groups in total. The summed E-state index contributed by atoms with van der Waals surface area (Å²) < 4.78 is 47.1. The van der Waals surface area contributed by atoms with Gasteiger partial charge in [-0.15, -0.1) is 23.4 Å². The van der Waals surface area contributed by atoms with Crippen LogP contribution in [0.15, 0.2) is 36.4 Å². The fourth-order valence-corrected chi connectivity index (χ4v) is 3.84. The van der Waals surface area contributed by atoms with Crippen LogP contribution in [0.5, 0.6) is 11.6 Å². The van der Waals surface area contributed by atoms with Gasteiger partial charge in [-0.05, 0) is 44.0 Å². The third-order valence-electron chi connectivity index (χ3n) is 5.07. The summed E-state index contributed by atoms with van der Waals surface area (Å²) in [5.41, 5.74) is 0.957. The highest BCUT2D eigenvalue weighted by molar-refractivity contribution is 5.60. The summed E-state index contributed by atoms with van der Waals surface area (Å²) in [6, 6.07) is 9.10. The molecule has 0 radical (unpaired) electrons. The zero-order chi connectivity index (χ0) is 18.9. The topological polar surface area (TPSA) is 47.5 Å². The van der Waals surface area contributed by atoms with E-state index in [1.807, 2.05) is 0 Å². The predicted molar refractivity (Wildman–Crippen MR) is 92.3 cm³/mol. The van der Waals surface area contributed by atoms with Crippen molar-refractivity contribution in [2.75, 3.05) is 19.6 Å². The van der Waals surface area contributed by atoms with Gasteiger partial charge in [0.05, 0.1) is 5.69 Å². The first-order chi connectivity index (χ1) is 13.0. The molecule has 0 amide bonds. The number of rotatable bonds is 4. The monoisotopic (exact) mass is 379 g/mol. The maximum absolute atomic E-state index is 12.4. The summed E-state index contributed by atoms with van der Waals surface area (Å²) in [4.78, 5) is 2.47. The second-order valence-electron chi connectivity index (χ2n) is 6.98. The van der Waals surface area contributed by atoms with Crippen LogP contribution in [0.2, 0.25) is 0 Å². The van der Waals surface area contributed by atoms with E-state index in [0.29, 0.717) is 23.1 Å². The summed E-state index contributed by atoms with van der Waals surface area (Å²) in [6.07, 6.45) is -1.24. The van der Waals surface area contributed by atoms with Crippen molar-refractivity contribution in [2.24, 2.45) is 5.92 Å². The van der Waals surface area contributed by atoms with Crippen molar-refractivity contribution in [3.05, 3.63) is 36.4 Å². The van der Waals surface area contributed by atoms with Crippen LogP contribution in [0.4, 0.5) is 13.2 Å². The maximum Gasteiger partial charge on any atom is 0.573 e. The zero-order valence-corrected chi connectivity index (χ0v) is 14.7. The Balaban J connectivity index is 1.44. The average Bonchev–Trinajstić information content (AvgIpc) is 2.64. The fourth-order valence-electron chi connectivity index (χ4n) is 3.84. The van der Waals surface area contributed by atoms with Crippen LogP contribution >= 0.6 is 0 Å². The van der Waals surface area contributed by atoms with Gasteiger partial charge in [-0.1, -0.05) is 12.1 Å². The average molecular weight is 379 g/mol. The third-order valence-corrected chi connectivity index (χ3v) is 5.07. The van der Waals surface area contributed by atoms with Crippen molar-refractivity contribution in [2.45, 2.75) is 31.7 Å². The van der Waals surface area contributed by atoms with Crippen molar-refractivity contribution >= 4 is 0 Å². The molecular weight excluding hydrogens is 359 g/mol. The smallest absolute Gasteiger partial charge is 0.473 e. The molecule has 144 valence electrons. The number of hydrogen-bond donors (Lipinski definition) is 0. The van der Waals surface area contributed by atoms with Gasteiger partial charge in [0, 0.05) is 30.6 Å². The molecule has 3 atom stereocenters. The Morgan fingerprint density at radius 1 is 1.04 bits per heavy atom. The maximum atomic E-state index is 12.4. The normalized spacial score (nSPS) is 25.1. The lowest BCUT2D eigenvalue weighted by Gasteiger charge is -2.42. The molecule has 2 aliphatic rings. The lowest BCUT2D eigenvalue weighted by atomic mass is 9.87. The first-order valence-corrected chi connectivity index (χ1v) is 9.05. The van der Waals surface area contributed by atoms with E-state index in [1.165, 1.54) is 37.6 Å². The number of benzene rings is 1. The Labute approximate surface area is 155 Å². The number of fused-ring (bicyclic) bond motifs is 2. The second-order valence-corrected chi connectivity index (χ2v) is 6.98. The van der Waals surface area contributed by atoms with Crippen LogP contribution in [0.1, 0.15) is 19.3 Å². The number of nitrogens with zero attached hydrogens (tertiary/aromatic N) is 3. The molecule has 0 spiro atoms. The number of piperidine rings is 2. The van der Waals surface area contributed by atoms with Crippen LogP contribution < -0.4 is 9.47 Å². The van der Waals surface area contributed by atoms with Crippen molar-refractivity contribution in [1.82, 2.24) is 15.1 Å². The Bertz CT molecular complexity index is 783. The number of alkyl halides is 3. The van der Waals surface area contributed by atoms with Crippen molar-refractivity contribution < 1.29 is 22.6 Å². The largest absolute Gasteiger partial charge is 0.573 e. The zero-order valence-electron chi connectivity index (χ0n) is 14.7. The molecule has 0 aliphatic carbocycles. The van der Waals surface area contributed by atoms with Crippen LogP contribution in [-0.4, -0.2) is 47.2 Å². The summed E-state index contributed by atoms with van der Waals surface area (Å²) >= 11 is 0. The molecule has 2 bridgehead atoms. The quantitative estimate of drug-likeness (QED) is 0.806. The first kappa shape index (κ1) is 18.0. The summed E-state index contributed by atoms with van der Waals surface area (Å²) in [6.45, 7) is 3.29. The van der Waals surface area contributed by atoms with E-state index in [0.717, 1.165) is 19.5 Å². The molecule has 2 aliphatic heterocycles. The number of aromatic nitrogens is 2. The molecule has 2 fully saturated rings. The van der Waals surface area contributed by atoms with E-state index < -0.39 is 6.36 Å². The van der Waals surface area contributed by atoms with Crippen molar-refractivity contribution in [3.8, 4) is 22.9 Å². The van der Waals surface area contributed by atoms with Gasteiger partial charge in [0.25, 0.3) is 0 Å². The minimum Gasteiger partial charge on any atom is -0.473 e. The van der Waals surface area contributed by atoms with Crippen LogP contribution in [0.3, 0.4) is 0 Å². The summed E-state index contributed by atoms with van der Waals surface area (Å²) in [5.74, 6) is 0.682. The number of halogens is 3. The molecular formula is C19H20F3N3O2. The number of ether oxygens (including phenoxy) is 2. The van der Waals surface area contributed by atoms with E-state index in [9.17, 15) is 13.2 Å². The molecule has 0 saturated carbocycles. The van der Waals surface area contributed by atoms with E-state index in [1.54, 1.807) is 18.2 Å². The Kier molecular flexibility index (Phi) is 4.90. The van der Waals surface area contributed by atoms with Crippen LogP contribution in [0, 0.1) is 5.92 Å². The minimum absolute atomic E-state index is 0.144. The molecule has 1 aromatic heterocycles. The lowest BCUT2D eigenvalue weighted by Crippen LogP contribution is -2.49. The molecule has 1 aromatic carbocycles. The first-order valence-electron chi connectivity index (χ1n) is 9.05. The predicted octanol–water partition coefficient (Wildman–Crippen LogP) is 3.91. The van der Waals surface area contributed by atoms with Gasteiger partial charge in [0.1, 0.15) is 11.9 Å². The summed E-state index contributed by atoms with van der Waals surface area (Å²) in [5, 5.41) is 8.22. The van der Waals surface area contributed by atoms with E-state index in [4.69, 9.17) is 4.74 Å². The minimum atomic E-state index is -4.73. The van der Waals surface area contributed by atoms with Gasteiger partial charge in [-0.2, -0.15) is 0 Å². The second kappa shape index (κ2) is 7.34. The van der Waals surface area contributed by atoms with Gasteiger partial charge < -0.3 is 14.4 Å². The molecule has 3 heterocycles. The van der Waals surface area contributed by atoms with Gasteiger partial charge in [-0.25, -0.2) is 0 Å². The molecule has 3 unspecified atom stereocenters. The third kappa shape index (κ3) is 4.50. The van der Waals surface area contributed by atoms with Crippen molar-refractivity contribution in [3.63, 3.8) is 0 Å². The standard InChI is InChI=1S/C19H20F3N3O2/c20-19(21,22)27-15-5-1-3-13(11-15)16-6-7-18(24-23-16)26-17-8-10-25-9-2-4-14(17)12-25/h1,3,5-7,11,14,17H,2,4,8-10,12H2. The lowest BCUT2D eigenvalue weighted by molar-refractivity contribution is -0.274. The van der Waals surface area contributed by atoms with Crippen LogP contribution in [-0.2, 0) is 0 Å². The molecule has 4 rings (SSSR count). The van der Waals surface area contributed by atoms with Gasteiger partial charge in [0.2, 0.25) is 5.88 Å². The Morgan fingerprint density at radius 2 is 1.93 bits per heavy atom. The molecule has 5 nitrogen and oxygen atoms in total. The molecule has 27 heavy (non-hydrogen) atoms. The van der Waals surface area contributed by atoms with Crippen molar-refractivity contribution in [1.29, 1.82) is 0 Å². The van der Waals surface area contributed by atoms with Gasteiger partial charge in [-0.3, -0.25) is 0 Å². The van der Waals surface area contributed by atoms with Crippen LogP contribution in [0.25, 0.3) is 11.3 Å². The van der Waals surface area contributed by atoms with Gasteiger partial charge in [0.15, 0.2) is 0 Å². The van der Waals surface area contributed by atoms with E-state index in [2.05, 4.69) is 19.8 Å². The van der Waals surface area contributed by atoms with Gasteiger partial charge >= 0.3 is 6.36 Å². The highest BCUT2D eigenvalue weighted by Crippen LogP contribution is 2.30. The highest BCUT2D eigenvalue weighted by atomic mass is 19.4. The fraction of sp³-hybridized carbons (Fsp3) is 0.474. The molecule has 2 aromatic rings.